The van der Waals surface area contributed by atoms with Crippen molar-refractivity contribution in [3.8, 4) is 0 Å². The highest BCUT2D eigenvalue weighted by Crippen LogP contribution is 2.38. The lowest BCUT2D eigenvalue weighted by atomic mass is 9.70. The molecular weight excluding hydrogens is 222 g/mol. The summed E-state index contributed by atoms with van der Waals surface area (Å²) in [5, 5.41) is 0. The van der Waals surface area contributed by atoms with E-state index in [1.807, 2.05) is 30.3 Å². The van der Waals surface area contributed by atoms with Crippen LogP contribution in [0.15, 0.2) is 30.3 Å². The van der Waals surface area contributed by atoms with E-state index in [1.54, 1.807) is 0 Å². The SMILES string of the molecule is NCC1(CC(=O)Cc2ccccc2)CCCCC1. The number of hydrogen-bond acceptors (Lipinski definition) is 2. The quantitative estimate of drug-likeness (QED) is 0.866. The number of Topliss-reactive ketones (excluding diaryl/α,β-unsaturated/α-hetero) is 1. The van der Waals surface area contributed by atoms with Crippen molar-refractivity contribution in [2.24, 2.45) is 11.1 Å². The Labute approximate surface area is 110 Å². The first kappa shape index (κ1) is 13.3. The number of hydrogen-bond donors (Lipinski definition) is 1. The molecule has 2 rings (SSSR count). The van der Waals surface area contributed by atoms with Crippen LogP contribution in [0.5, 0.6) is 0 Å². The molecule has 1 fully saturated rings. The first-order valence-corrected chi connectivity index (χ1v) is 7.00. The molecule has 1 saturated carbocycles. The van der Waals surface area contributed by atoms with Gasteiger partial charge in [0.25, 0.3) is 0 Å². The Kier molecular flexibility index (Phi) is 4.54. The topological polar surface area (TPSA) is 43.1 Å². The maximum absolute atomic E-state index is 12.2. The monoisotopic (exact) mass is 245 g/mol. The molecule has 18 heavy (non-hydrogen) atoms. The molecule has 2 N–H and O–H groups in total. The number of carbonyl (C=O) groups is 1. The maximum atomic E-state index is 12.2. The minimum absolute atomic E-state index is 0.101. The van der Waals surface area contributed by atoms with Crippen molar-refractivity contribution >= 4 is 5.78 Å². The van der Waals surface area contributed by atoms with E-state index >= 15 is 0 Å². The Bertz CT molecular complexity index is 379. The fraction of sp³-hybridized carbons (Fsp3) is 0.562. The summed E-state index contributed by atoms with van der Waals surface area (Å²) in [7, 11) is 0. The van der Waals surface area contributed by atoms with Crippen LogP contribution >= 0.6 is 0 Å². The van der Waals surface area contributed by atoms with Crippen LogP contribution in [0.3, 0.4) is 0 Å². The van der Waals surface area contributed by atoms with Crippen molar-refractivity contribution in [3.63, 3.8) is 0 Å². The van der Waals surface area contributed by atoms with Crippen molar-refractivity contribution in [3.05, 3.63) is 35.9 Å². The molecule has 0 bridgehead atoms. The van der Waals surface area contributed by atoms with Gasteiger partial charge in [0.1, 0.15) is 5.78 Å². The molecular formula is C16H23NO. The van der Waals surface area contributed by atoms with Crippen molar-refractivity contribution in [2.45, 2.75) is 44.9 Å². The highest BCUT2D eigenvalue weighted by molar-refractivity contribution is 5.81. The van der Waals surface area contributed by atoms with Crippen LogP contribution in [0.4, 0.5) is 0 Å². The molecule has 1 aliphatic rings. The number of benzene rings is 1. The van der Waals surface area contributed by atoms with Gasteiger partial charge in [-0.15, -0.1) is 0 Å². The molecule has 0 amide bonds. The Morgan fingerprint density at radius 1 is 1.11 bits per heavy atom. The Morgan fingerprint density at radius 3 is 2.39 bits per heavy atom. The van der Waals surface area contributed by atoms with Crippen LogP contribution < -0.4 is 5.73 Å². The van der Waals surface area contributed by atoms with Crippen molar-refractivity contribution in [1.29, 1.82) is 0 Å². The van der Waals surface area contributed by atoms with Crippen LogP contribution in [0.25, 0.3) is 0 Å². The van der Waals surface area contributed by atoms with Crippen LogP contribution in [0, 0.1) is 5.41 Å². The second kappa shape index (κ2) is 6.14. The third-order valence-corrected chi connectivity index (χ3v) is 4.16. The molecule has 2 heteroatoms. The molecule has 0 heterocycles. The first-order valence-electron chi connectivity index (χ1n) is 7.00. The van der Waals surface area contributed by atoms with Gasteiger partial charge < -0.3 is 5.73 Å². The normalized spacial score (nSPS) is 18.5. The van der Waals surface area contributed by atoms with E-state index in [9.17, 15) is 4.79 Å². The van der Waals surface area contributed by atoms with E-state index in [1.165, 1.54) is 19.3 Å². The largest absolute Gasteiger partial charge is 0.330 e. The molecule has 1 aromatic rings. The lowest BCUT2D eigenvalue weighted by molar-refractivity contribution is -0.121. The summed E-state index contributed by atoms with van der Waals surface area (Å²) in [5.74, 6) is 0.341. The molecule has 1 aromatic carbocycles. The van der Waals surface area contributed by atoms with Crippen LogP contribution in [-0.4, -0.2) is 12.3 Å². The third kappa shape index (κ3) is 3.42. The van der Waals surface area contributed by atoms with Gasteiger partial charge in [-0.25, -0.2) is 0 Å². The molecule has 0 atom stereocenters. The zero-order chi connectivity index (χ0) is 12.8. The van der Waals surface area contributed by atoms with Crippen molar-refractivity contribution < 1.29 is 4.79 Å². The van der Waals surface area contributed by atoms with Gasteiger partial charge in [-0.2, -0.15) is 0 Å². The summed E-state index contributed by atoms with van der Waals surface area (Å²) in [4.78, 5) is 12.2. The Hall–Kier alpha value is -1.15. The van der Waals surface area contributed by atoms with E-state index in [0.717, 1.165) is 18.4 Å². The molecule has 1 aliphatic carbocycles. The van der Waals surface area contributed by atoms with Gasteiger partial charge in [0.2, 0.25) is 0 Å². The lowest BCUT2D eigenvalue weighted by Crippen LogP contribution is -2.35. The Morgan fingerprint density at radius 2 is 1.78 bits per heavy atom. The van der Waals surface area contributed by atoms with Gasteiger partial charge in [-0.1, -0.05) is 49.6 Å². The molecule has 0 aromatic heterocycles. The zero-order valence-electron chi connectivity index (χ0n) is 11.0. The molecule has 0 radical (unpaired) electrons. The van der Waals surface area contributed by atoms with Gasteiger partial charge in [-0.3, -0.25) is 4.79 Å². The highest BCUT2D eigenvalue weighted by Gasteiger charge is 2.32. The van der Waals surface area contributed by atoms with Crippen LogP contribution in [0.1, 0.15) is 44.1 Å². The van der Waals surface area contributed by atoms with E-state index in [0.29, 0.717) is 25.2 Å². The summed E-state index contributed by atoms with van der Waals surface area (Å²) in [6.45, 7) is 0.660. The average molecular weight is 245 g/mol. The Balaban J connectivity index is 1.93. The summed E-state index contributed by atoms with van der Waals surface area (Å²) in [5.41, 5.74) is 7.15. The van der Waals surface area contributed by atoms with Gasteiger partial charge in [0, 0.05) is 12.8 Å². The van der Waals surface area contributed by atoms with Crippen LogP contribution in [-0.2, 0) is 11.2 Å². The average Bonchev–Trinajstić information content (AvgIpc) is 2.41. The van der Waals surface area contributed by atoms with E-state index in [-0.39, 0.29) is 5.41 Å². The smallest absolute Gasteiger partial charge is 0.137 e. The molecule has 0 saturated heterocycles. The lowest BCUT2D eigenvalue weighted by Gasteiger charge is -2.35. The fourth-order valence-electron chi connectivity index (χ4n) is 3.06. The number of rotatable bonds is 5. The minimum Gasteiger partial charge on any atom is -0.330 e. The number of nitrogens with two attached hydrogens (primary N) is 1. The summed E-state index contributed by atoms with van der Waals surface area (Å²) >= 11 is 0. The number of carbonyl (C=O) groups excluding carboxylic acids is 1. The maximum Gasteiger partial charge on any atom is 0.137 e. The molecule has 0 unspecified atom stereocenters. The summed E-state index contributed by atoms with van der Waals surface area (Å²) < 4.78 is 0. The first-order chi connectivity index (χ1) is 8.74. The predicted octanol–water partition coefficient (Wildman–Crippen LogP) is 3.10. The molecule has 0 aliphatic heterocycles. The molecule has 98 valence electrons. The van der Waals surface area contributed by atoms with Crippen LogP contribution in [0.2, 0.25) is 0 Å². The highest BCUT2D eigenvalue weighted by atomic mass is 16.1. The van der Waals surface area contributed by atoms with Gasteiger partial charge in [0.15, 0.2) is 0 Å². The van der Waals surface area contributed by atoms with E-state index in [2.05, 4.69) is 0 Å². The van der Waals surface area contributed by atoms with Crippen molar-refractivity contribution in [2.75, 3.05) is 6.54 Å². The second-order valence-corrected chi connectivity index (χ2v) is 5.64. The zero-order valence-corrected chi connectivity index (χ0v) is 11.0. The third-order valence-electron chi connectivity index (χ3n) is 4.16. The fourth-order valence-corrected chi connectivity index (χ4v) is 3.06. The molecule has 2 nitrogen and oxygen atoms in total. The summed E-state index contributed by atoms with van der Waals surface area (Å²) in [6, 6.07) is 10.0. The van der Waals surface area contributed by atoms with Gasteiger partial charge in [0.05, 0.1) is 0 Å². The van der Waals surface area contributed by atoms with E-state index < -0.39 is 0 Å². The second-order valence-electron chi connectivity index (χ2n) is 5.64. The van der Waals surface area contributed by atoms with Gasteiger partial charge in [-0.05, 0) is 30.4 Å². The molecule has 0 spiro atoms. The van der Waals surface area contributed by atoms with Crippen molar-refractivity contribution in [1.82, 2.24) is 0 Å². The minimum atomic E-state index is 0.101. The standard InChI is InChI=1S/C16H23NO/c17-13-16(9-5-2-6-10-16)12-15(18)11-14-7-3-1-4-8-14/h1,3-4,7-8H,2,5-6,9-13,17H2. The number of ketones is 1. The summed E-state index contributed by atoms with van der Waals surface area (Å²) in [6.07, 6.45) is 7.25. The van der Waals surface area contributed by atoms with E-state index in [4.69, 9.17) is 5.73 Å². The van der Waals surface area contributed by atoms with Gasteiger partial charge >= 0.3 is 0 Å². The predicted molar refractivity (Wildman–Crippen MR) is 74.3 cm³/mol.